The predicted octanol–water partition coefficient (Wildman–Crippen LogP) is 0.928. The Morgan fingerprint density at radius 1 is 1.11 bits per heavy atom. The fourth-order valence-electron chi connectivity index (χ4n) is 2.89. The number of imide groups is 1. The summed E-state index contributed by atoms with van der Waals surface area (Å²) in [5.41, 5.74) is 1.75. The monoisotopic (exact) mass is 381 g/mol. The zero-order chi connectivity index (χ0) is 20.3. The molecule has 0 aromatic heterocycles. The Kier molecular flexibility index (Phi) is 5.51. The lowest BCUT2D eigenvalue weighted by Crippen LogP contribution is -2.36. The number of aliphatic hydroxyl groups excluding tert-OH is 1. The lowest BCUT2D eigenvalue weighted by molar-refractivity contribution is 0.0692. The second-order valence-electron chi connectivity index (χ2n) is 6.38. The number of carbonyl (C=O) groups is 4. The lowest BCUT2D eigenvalue weighted by atomic mass is 10.1. The molecule has 1 heterocycles. The molecule has 2 aromatic rings. The van der Waals surface area contributed by atoms with Gasteiger partial charge in [0.1, 0.15) is 0 Å². The van der Waals surface area contributed by atoms with Crippen LogP contribution >= 0.6 is 0 Å². The Bertz CT molecular complexity index is 957. The van der Waals surface area contributed by atoms with Gasteiger partial charge in [0.15, 0.2) is 6.29 Å². The molecule has 3 N–H and O–H groups in total. The molecule has 0 aliphatic carbocycles. The van der Waals surface area contributed by atoms with Gasteiger partial charge in [-0.25, -0.2) is 0 Å². The van der Waals surface area contributed by atoms with Crippen molar-refractivity contribution in [3.8, 4) is 0 Å². The molecule has 1 unspecified atom stereocenters. The number of nitrogens with zero attached hydrogens (tertiary/aromatic N) is 1. The van der Waals surface area contributed by atoms with Gasteiger partial charge in [0.25, 0.3) is 17.7 Å². The maximum atomic E-state index is 12.2. The molecule has 0 radical (unpaired) electrons. The van der Waals surface area contributed by atoms with Crippen molar-refractivity contribution in [2.24, 2.45) is 0 Å². The van der Waals surface area contributed by atoms with Gasteiger partial charge in [0, 0.05) is 37.0 Å². The number of aldehydes is 1. The first-order chi connectivity index (χ1) is 13.4. The minimum absolute atomic E-state index is 0.0237. The van der Waals surface area contributed by atoms with Gasteiger partial charge in [-0.15, -0.1) is 0 Å². The third-order valence-corrected chi connectivity index (χ3v) is 4.46. The molecular formula is C20H19N3O5. The Hall–Kier alpha value is -3.52. The first-order valence-corrected chi connectivity index (χ1v) is 8.63. The number of hydrogen-bond donors (Lipinski definition) is 3. The summed E-state index contributed by atoms with van der Waals surface area (Å²) in [7, 11) is 1.42. The van der Waals surface area contributed by atoms with Gasteiger partial charge in [-0.05, 0) is 24.3 Å². The SMILES string of the molecule is CN1C(=O)c2ccc(NCC(O)CNC(=O)c3ccccc3C=O)cc2C1=O. The predicted molar refractivity (Wildman–Crippen MR) is 102 cm³/mol. The lowest BCUT2D eigenvalue weighted by Gasteiger charge is -2.14. The fourth-order valence-corrected chi connectivity index (χ4v) is 2.89. The number of hydrogen-bond acceptors (Lipinski definition) is 6. The summed E-state index contributed by atoms with van der Waals surface area (Å²) in [5.74, 6) is -1.17. The highest BCUT2D eigenvalue weighted by molar-refractivity contribution is 6.21. The molecule has 144 valence electrons. The molecule has 1 atom stereocenters. The average molecular weight is 381 g/mol. The average Bonchev–Trinajstić information content (AvgIpc) is 2.94. The third-order valence-electron chi connectivity index (χ3n) is 4.46. The molecule has 0 saturated carbocycles. The number of amides is 3. The van der Waals surface area contributed by atoms with Crippen LogP contribution in [0.3, 0.4) is 0 Å². The van der Waals surface area contributed by atoms with Crippen molar-refractivity contribution in [3.05, 3.63) is 64.7 Å². The van der Waals surface area contributed by atoms with Gasteiger partial charge in [-0.1, -0.05) is 18.2 Å². The molecule has 0 spiro atoms. The van der Waals surface area contributed by atoms with E-state index in [1.54, 1.807) is 30.3 Å². The number of fused-ring (bicyclic) bond motifs is 1. The van der Waals surface area contributed by atoms with Gasteiger partial charge in [0.05, 0.1) is 17.2 Å². The Morgan fingerprint density at radius 3 is 2.57 bits per heavy atom. The molecule has 0 fully saturated rings. The van der Waals surface area contributed by atoms with Crippen molar-refractivity contribution >= 4 is 29.7 Å². The van der Waals surface area contributed by atoms with E-state index in [0.717, 1.165) is 4.90 Å². The van der Waals surface area contributed by atoms with Gasteiger partial charge in [-0.2, -0.15) is 0 Å². The first-order valence-electron chi connectivity index (χ1n) is 8.63. The normalized spacial score (nSPS) is 13.9. The van der Waals surface area contributed by atoms with Crippen LogP contribution in [-0.2, 0) is 0 Å². The van der Waals surface area contributed by atoms with E-state index in [2.05, 4.69) is 10.6 Å². The molecule has 3 rings (SSSR count). The topological polar surface area (TPSA) is 116 Å². The number of aliphatic hydroxyl groups is 1. The van der Waals surface area contributed by atoms with Crippen molar-refractivity contribution in [2.75, 3.05) is 25.5 Å². The first kappa shape index (κ1) is 19.2. The highest BCUT2D eigenvalue weighted by Crippen LogP contribution is 2.24. The number of nitrogens with one attached hydrogen (secondary N) is 2. The van der Waals surface area contributed by atoms with Crippen LogP contribution in [0, 0.1) is 0 Å². The molecule has 28 heavy (non-hydrogen) atoms. The van der Waals surface area contributed by atoms with Gasteiger partial charge >= 0.3 is 0 Å². The molecular weight excluding hydrogens is 362 g/mol. The summed E-state index contributed by atoms with van der Waals surface area (Å²) >= 11 is 0. The fraction of sp³-hybridized carbons (Fsp3) is 0.200. The van der Waals surface area contributed by atoms with Crippen LogP contribution in [0.5, 0.6) is 0 Å². The number of carbonyl (C=O) groups excluding carboxylic acids is 4. The molecule has 3 amide bonds. The minimum atomic E-state index is -0.902. The van der Waals surface area contributed by atoms with E-state index < -0.39 is 12.0 Å². The van der Waals surface area contributed by atoms with Crippen LogP contribution in [0.4, 0.5) is 5.69 Å². The quantitative estimate of drug-likeness (QED) is 0.485. The van der Waals surface area contributed by atoms with Crippen LogP contribution < -0.4 is 10.6 Å². The van der Waals surface area contributed by atoms with E-state index in [-0.39, 0.29) is 36.0 Å². The summed E-state index contributed by atoms with van der Waals surface area (Å²) in [6.45, 7) is 0.0937. The summed E-state index contributed by atoms with van der Waals surface area (Å²) in [5, 5.41) is 15.6. The molecule has 0 saturated heterocycles. The van der Waals surface area contributed by atoms with E-state index >= 15 is 0 Å². The molecule has 2 aromatic carbocycles. The molecule has 8 heteroatoms. The minimum Gasteiger partial charge on any atom is -0.389 e. The maximum Gasteiger partial charge on any atom is 0.261 e. The standard InChI is InChI=1S/C20H19N3O5/c1-23-19(27)16-7-6-13(8-17(16)20(23)28)21-9-14(25)10-22-18(26)15-5-3-2-4-12(15)11-24/h2-8,11,14,21,25H,9-10H2,1H3,(H,22,26). The zero-order valence-corrected chi connectivity index (χ0v) is 15.1. The largest absolute Gasteiger partial charge is 0.389 e. The van der Waals surface area contributed by atoms with Crippen molar-refractivity contribution in [1.82, 2.24) is 10.2 Å². The van der Waals surface area contributed by atoms with E-state index in [1.165, 1.54) is 19.2 Å². The van der Waals surface area contributed by atoms with E-state index in [4.69, 9.17) is 0 Å². The van der Waals surface area contributed by atoms with Gasteiger partial charge < -0.3 is 15.7 Å². The Balaban J connectivity index is 1.55. The molecule has 1 aliphatic heterocycles. The van der Waals surface area contributed by atoms with Crippen molar-refractivity contribution in [1.29, 1.82) is 0 Å². The van der Waals surface area contributed by atoms with E-state index in [0.29, 0.717) is 23.1 Å². The summed E-state index contributed by atoms with van der Waals surface area (Å²) in [6, 6.07) is 11.1. The second kappa shape index (κ2) is 8.01. The number of benzene rings is 2. The second-order valence-corrected chi connectivity index (χ2v) is 6.38. The number of anilines is 1. The zero-order valence-electron chi connectivity index (χ0n) is 15.1. The maximum absolute atomic E-state index is 12.2. The van der Waals surface area contributed by atoms with Crippen LogP contribution in [0.1, 0.15) is 41.4 Å². The van der Waals surface area contributed by atoms with Crippen molar-refractivity contribution < 1.29 is 24.3 Å². The molecule has 8 nitrogen and oxygen atoms in total. The molecule has 0 bridgehead atoms. The highest BCUT2D eigenvalue weighted by atomic mass is 16.3. The molecule has 1 aliphatic rings. The van der Waals surface area contributed by atoms with Crippen LogP contribution in [0.15, 0.2) is 42.5 Å². The Labute approximate surface area is 161 Å². The van der Waals surface area contributed by atoms with Crippen LogP contribution in [0.2, 0.25) is 0 Å². The van der Waals surface area contributed by atoms with Crippen molar-refractivity contribution in [2.45, 2.75) is 6.10 Å². The Morgan fingerprint density at radius 2 is 1.82 bits per heavy atom. The summed E-state index contributed by atoms with van der Waals surface area (Å²) in [4.78, 5) is 48.1. The summed E-state index contributed by atoms with van der Waals surface area (Å²) in [6.07, 6.45) is -0.301. The van der Waals surface area contributed by atoms with Gasteiger partial charge in [0.2, 0.25) is 0 Å². The van der Waals surface area contributed by atoms with Crippen LogP contribution in [0.25, 0.3) is 0 Å². The van der Waals surface area contributed by atoms with Gasteiger partial charge in [-0.3, -0.25) is 24.1 Å². The third kappa shape index (κ3) is 3.77. The smallest absolute Gasteiger partial charge is 0.261 e. The van der Waals surface area contributed by atoms with E-state index in [9.17, 15) is 24.3 Å². The van der Waals surface area contributed by atoms with E-state index in [1.807, 2.05) is 0 Å². The summed E-state index contributed by atoms with van der Waals surface area (Å²) < 4.78 is 0. The number of rotatable bonds is 7. The highest BCUT2D eigenvalue weighted by Gasteiger charge is 2.32. The van der Waals surface area contributed by atoms with Crippen LogP contribution in [-0.4, -0.2) is 60.3 Å². The van der Waals surface area contributed by atoms with Crippen molar-refractivity contribution in [3.63, 3.8) is 0 Å².